The van der Waals surface area contributed by atoms with E-state index in [0.29, 0.717) is 0 Å². The van der Waals surface area contributed by atoms with Crippen LogP contribution in [0, 0.1) is 6.92 Å². The number of hydrogen-bond acceptors (Lipinski definition) is 1. The van der Waals surface area contributed by atoms with Crippen LogP contribution >= 0.6 is 7.05 Å². The smallest absolute Gasteiger partial charge is 0.0613 e. The third-order valence-electron chi connectivity index (χ3n) is 1.45. The van der Waals surface area contributed by atoms with E-state index in [0.717, 1.165) is 5.69 Å². The summed E-state index contributed by atoms with van der Waals surface area (Å²) < 4.78 is 4.64. The van der Waals surface area contributed by atoms with E-state index in [4.69, 9.17) is 0 Å². The monoisotopic (exact) mass is 181 g/mol. The number of rotatable bonds is 1. The molecule has 0 bridgehead atoms. The molecule has 0 saturated heterocycles. The summed E-state index contributed by atoms with van der Waals surface area (Å²) in [6, 6.07) is 8.38. The zero-order chi connectivity index (χ0) is 9.19. The van der Waals surface area contributed by atoms with Gasteiger partial charge in [0.1, 0.15) is 0 Å². The first-order valence-electron chi connectivity index (χ1n) is 4.09. The van der Waals surface area contributed by atoms with Gasteiger partial charge in [-0.25, -0.2) is 0 Å². The minimum Gasteiger partial charge on any atom is -0.268 e. The van der Waals surface area contributed by atoms with Gasteiger partial charge in [0.15, 0.2) is 0 Å². The van der Waals surface area contributed by atoms with Crippen molar-refractivity contribution >= 4 is 12.7 Å². The van der Waals surface area contributed by atoms with Crippen molar-refractivity contribution in [1.29, 1.82) is 0 Å². The third-order valence-corrected chi connectivity index (χ3v) is 2.28. The quantitative estimate of drug-likeness (QED) is 0.585. The number of benzene rings is 1. The molecule has 2 heteroatoms. The molecule has 0 saturated carbocycles. The Balaban J connectivity index is 3.00. The predicted molar refractivity (Wildman–Crippen MR) is 58.0 cm³/mol. The van der Waals surface area contributed by atoms with Crippen molar-refractivity contribution in [2.75, 3.05) is 20.0 Å². The van der Waals surface area contributed by atoms with Crippen LogP contribution in [0.25, 0.3) is 0 Å². The molecule has 0 spiro atoms. The highest BCUT2D eigenvalue weighted by atomic mass is 31.2. The molecule has 0 atom stereocenters. The van der Waals surface area contributed by atoms with Crippen molar-refractivity contribution in [3.05, 3.63) is 29.8 Å². The van der Waals surface area contributed by atoms with Crippen molar-refractivity contribution in [3.8, 4) is 0 Å². The fourth-order valence-corrected chi connectivity index (χ4v) is 1.78. The predicted octanol–water partition coefficient (Wildman–Crippen LogP) is 3.72. The first kappa shape index (κ1) is 9.54. The van der Waals surface area contributed by atoms with Crippen molar-refractivity contribution in [3.63, 3.8) is 0 Å². The molecule has 1 aromatic rings. The van der Waals surface area contributed by atoms with Gasteiger partial charge in [-0.2, -0.15) is 0 Å². The van der Waals surface area contributed by atoms with Gasteiger partial charge >= 0.3 is 0 Å². The van der Waals surface area contributed by atoms with Crippen LogP contribution in [-0.2, 0) is 0 Å². The molecule has 0 heterocycles. The van der Waals surface area contributed by atoms with Crippen molar-refractivity contribution in [2.24, 2.45) is 4.74 Å². The van der Waals surface area contributed by atoms with E-state index in [9.17, 15) is 0 Å². The molecular weight excluding hydrogens is 165 g/mol. The second-order valence-electron chi connectivity index (χ2n) is 3.88. The minimum atomic E-state index is -1.03. The molecule has 12 heavy (non-hydrogen) atoms. The summed E-state index contributed by atoms with van der Waals surface area (Å²) in [6.07, 6.45) is 0. The summed E-state index contributed by atoms with van der Waals surface area (Å²) in [5, 5.41) is 0. The molecule has 0 N–H and O–H groups in total. The van der Waals surface area contributed by atoms with E-state index < -0.39 is 7.05 Å². The van der Waals surface area contributed by atoms with Gasteiger partial charge in [-0.1, -0.05) is 17.7 Å². The van der Waals surface area contributed by atoms with Crippen molar-refractivity contribution in [2.45, 2.75) is 6.92 Å². The normalized spacial score (nSPS) is 11.3. The average Bonchev–Trinajstić information content (AvgIpc) is 1.91. The molecule has 66 valence electrons. The fraction of sp³-hybridized carbons (Fsp3) is 0.400. The summed E-state index contributed by atoms with van der Waals surface area (Å²) in [5.74, 6) is 0. The molecular formula is C10H16NP. The second-order valence-corrected chi connectivity index (χ2v) is 7.96. The van der Waals surface area contributed by atoms with Crippen molar-refractivity contribution in [1.82, 2.24) is 0 Å². The van der Waals surface area contributed by atoms with Crippen LogP contribution in [0.4, 0.5) is 5.69 Å². The fourth-order valence-electron chi connectivity index (χ4n) is 0.958. The van der Waals surface area contributed by atoms with Gasteiger partial charge in [0.25, 0.3) is 0 Å². The highest BCUT2D eigenvalue weighted by molar-refractivity contribution is 7.64. The Hall–Kier alpha value is -0.550. The Morgan fingerprint density at radius 3 is 1.92 bits per heavy atom. The Morgan fingerprint density at radius 2 is 1.50 bits per heavy atom. The lowest BCUT2D eigenvalue weighted by Gasteiger charge is -2.05. The van der Waals surface area contributed by atoms with Crippen LogP contribution in [-0.4, -0.2) is 20.0 Å². The largest absolute Gasteiger partial charge is 0.268 e. The molecule has 1 rings (SSSR count). The standard InChI is InChI=1S/C10H16NP/c1-9-5-7-10(8-6-9)11-12(2,3)4/h5-8H,1-4H3. The van der Waals surface area contributed by atoms with Crippen LogP contribution < -0.4 is 0 Å². The van der Waals surface area contributed by atoms with Gasteiger partial charge in [0, 0.05) is 0 Å². The van der Waals surface area contributed by atoms with E-state index in [1.165, 1.54) is 5.56 Å². The maximum absolute atomic E-state index is 4.64. The van der Waals surface area contributed by atoms with E-state index in [1.54, 1.807) is 0 Å². The number of nitrogens with zero attached hydrogens (tertiary/aromatic N) is 1. The summed E-state index contributed by atoms with van der Waals surface area (Å²) in [7, 11) is -1.03. The van der Waals surface area contributed by atoms with Crippen LogP contribution in [0.3, 0.4) is 0 Å². The summed E-state index contributed by atoms with van der Waals surface area (Å²) >= 11 is 0. The maximum Gasteiger partial charge on any atom is 0.0613 e. The van der Waals surface area contributed by atoms with Gasteiger partial charge < -0.3 is 0 Å². The molecule has 0 aliphatic rings. The van der Waals surface area contributed by atoms with Gasteiger partial charge in [-0.05, 0) is 46.1 Å². The summed E-state index contributed by atoms with van der Waals surface area (Å²) in [4.78, 5) is 0. The van der Waals surface area contributed by atoms with Crippen molar-refractivity contribution < 1.29 is 0 Å². The molecule has 0 unspecified atom stereocenters. The van der Waals surface area contributed by atoms with E-state index in [-0.39, 0.29) is 0 Å². The van der Waals surface area contributed by atoms with Gasteiger partial charge in [-0.15, -0.1) is 0 Å². The number of hydrogen-bond donors (Lipinski definition) is 0. The average molecular weight is 181 g/mol. The topological polar surface area (TPSA) is 12.4 Å². The highest BCUT2D eigenvalue weighted by Gasteiger charge is 1.95. The SMILES string of the molecule is Cc1ccc(N=P(C)(C)C)cc1. The molecule has 0 amide bonds. The van der Waals surface area contributed by atoms with Gasteiger partial charge in [0.05, 0.1) is 5.69 Å². The molecule has 0 fully saturated rings. The van der Waals surface area contributed by atoms with E-state index in [1.807, 2.05) is 0 Å². The molecule has 0 aliphatic carbocycles. The zero-order valence-corrected chi connectivity index (χ0v) is 9.10. The Labute approximate surface area is 74.9 Å². The van der Waals surface area contributed by atoms with Crippen LogP contribution in [0.1, 0.15) is 5.56 Å². The molecule has 0 aromatic heterocycles. The molecule has 1 nitrogen and oxygen atoms in total. The summed E-state index contributed by atoms with van der Waals surface area (Å²) in [6.45, 7) is 8.74. The number of aryl methyl sites for hydroxylation is 1. The Kier molecular flexibility index (Phi) is 2.74. The van der Waals surface area contributed by atoms with E-state index in [2.05, 4.69) is 55.9 Å². The summed E-state index contributed by atoms with van der Waals surface area (Å²) in [5.41, 5.74) is 2.41. The van der Waals surface area contributed by atoms with E-state index >= 15 is 0 Å². The first-order chi connectivity index (χ1) is 5.47. The molecule has 0 radical (unpaired) electrons. The van der Waals surface area contributed by atoms with Gasteiger partial charge in [-0.3, -0.25) is 4.74 Å². The van der Waals surface area contributed by atoms with Crippen LogP contribution in [0.5, 0.6) is 0 Å². The minimum absolute atomic E-state index is 1.03. The third kappa shape index (κ3) is 3.23. The molecule has 1 aromatic carbocycles. The van der Waals surface area contributed by atoms with Gasteiger partial charge in [0.2, 0.25) is 0 Å². The first-order valence-corrected chi connectivity index (χ1v) is 7.17. The maximum atomic E-state index is 4.64. The zero-order valence-electron chi connectivity index (χ0n) is 8.20. The lowest BCUT2D eigenvalue weighted by molar-refractivity contribution is 1.44. The molecule has 0 aliphatic heterocycles. The van der Waals surface area contributed by atoms with Crippen LogP contribution in [0.2, 0.25) is 0 Å². The Morgan fingerprint density at radius 1 is 1.00 bits per heavy atom. The Bertz CT molecular complexity index is 297. The van der Waals surface area contributed by atoms with Crippen LogP contribution in [0.15, 0.2) is 29.0 Å². The second kappa shape index (κ2) is 3.45. The highest BCUT2D eigenvalue weighted by Crippen LogP contribution is 2.39. The lowest BCUT2D eigenvalue weighted by Crippen LogP contribution is -1.71. The lowest BCUT2D eigenvalue weighted by atomic mass is 10.2.